The summed E-state index contributed by atoms with van der Waals surface area (Å²) in [5, 5.41) is 4.13. The highest BCUT2D eigenvalue weighted by Crippen LogP contribution is 2.26. The number of fused-ring (bicyclic) bond motifs is 1. The Bertz CT molecular complexity index is 558. The fourth-order valence-corrected chi connectivity index (χ4v) is 2.33. The molecule has 0 amide bonds. The Morgan fingerprint density at radius 2 is 2.06 bits per heavy atom. The van der Waals surface area contributed by atoms with Crippen molar-refractivity contribution in [2.24, 2.45) is 7.05 Å². The predicted octanol–water partition coefficient (Wildman–Crippen LogP) is 1.34. The molecular weight excluding hydrogens is 214 g/mol. The van der Waals surface area contributed by atoms with E-state index in [1.807, 2.05) is 13.1 Å². The average Bonchev–Trinajstić information content (AvgIpc) is 2.75. The summed E-state index contributed by atoms with van der Waals surface area (Å²) in [5.41, 5.74) is 9.18. The molecule has 0 saturated heterocycles. The highest BCUT2D eigenvalue weighted by molar-refractivity contribution is 5.55. The molecule has 2 N–H and O–H groups in total. The molecule has 1 aliphatic rings. The molecule has 0 aliphatic heterocycles. The molecule has 88 valence electrons. The molecule has 0 bridgehead atoms. The summed E-state index contributed by atoms with van der Waals surface area (Å²) >= 11 is 0. The second kappa shape index (κ2) is 3.84. The Kier molecular flexibility index (Phi) is 2.31. The lowest BCUT2D eigenvalue weighted by Crippen LogP contribution is -2.12. The zero-order valence-corrected chi connectivity index (χ0v) is 9.85. The number of anilines is 1. The molecule has 3 rings (SSSR count). The van der Waals surface area contributed by atoms with E-state index in [4.69, 9.17) is 5.73 Å². The van der Waals surface area contributed by atoms with Gasteiger partial charge >= 0.3 is 0 Å². The van der Waals surface area contributed by atoms with Crippen LogP contribution in [0.2, 0.25) is 0 Å². The van der Waals surface area contributed by atoms with Gasteiger partial charge in [-0.2, -0.15) is 5.10 Å². The molecule has 2 aromatic heterocycles. The third-order valence-electron chi connectivity index (χ3n) is 3.27. The fourth-order valence-electron chi connectivity index (χ4n) is 2.33. The van der Waals surface area contributed by atoms with Gasteiger partial charge in [0.2, 0.25) is 0 Å². The lowest BCUT2D eigenvalue weighted by atomic mass is 9.96. The van der Waals surface area contributed by atoms with Crippen molar-refractivity contribution >= 4 is 5.82 Å². The first-order chi connectivity index (χ1) is 8.25. The summed E-state index contributed by atoms with van der Waals surface area (Å²) in [6.07, 6.45) is 6.13. The van der Waals surface area contributed by atoms with Gasteiger partial charge in [-0.15, -0.1) is 0 Å². The van der Waals surface area contributed by atoms with Crippen LogP contribution in [0.3, 0.4) is 0 Å². The molecule has 0 radical (unpaired) electrons. The third-order valence-corrected chi connectivity index (χ3v) is 3.27. The summed E-state index contributed by atoms with van der Waals surface area (Å²) < 4.78 is 1.77. The average molecular weight is 229 g/mol. The van der Waals surface area contributed by atoms with Crippen LogP contribution >= 0.6 is 0 Å². The van der Waals surface area contributed by atoms with Gasteiger partial charge < -0.3 is 5.73 Å². The van der Waals surface area contributed by atoms with E-state index < -0.39 is 0 Å². The second-order valence-corrected chi connectivity index (χ2v) is 4.40. The van der Waals surface area contributed by atoms with Crippen molar-refractivity contribution in [1.29, 1.82) is 0 Å². The summed E-state index contributed by atoms with van der Waals surface area (Å²) in [5.74, 6) is 1.31. The highest BCUT2D eigenvalue weighted by atomic mass is 15.3. The minimum atomic E-state index is 0.630. The van der Waals surface area contributed by atoms with Crippen LogP contribution in [-0.4, -0.2) is 19.7 Å². The van der Waals surface area contributed by atoms with Crippen LogP contribution in [0, 0.1) is 0 Å². The molecule has 0 spiro atoms. The molecule has 0 fully saturated rings. The Labute approximate surface area is 99.7 Å². The number of rotatable bonds is 1. The first-order valence-electron chi connectivity index (χ1n) is 5.89. The predicted molar refractivity (Wildman–Crippen MR) is 65.3 cm³/mol. The summed E-state index contributed by atoms with van der Waals surface area (Å²) in [7, 11) is 1.88. The number of nitrogen functional groups attached to an aromatic ring is 1. The molecule has 0 atom stereocenters. The van der Waals surface area contributed by atoms with Crippen LogP contribution in [0.4, 0.5) is 5.82 Å². The van der Waals surface area contributed by atoms with Crippen molar-refractivity contribution in [3.63, 3.8) is 0 Å². The van der Waals surface area contributed by atoms with E-state index in [2.05, 4.69) is 15.1 Å². The topological polar surface area (TPSA) is 69.6 Å². The van der Waals surface area contributed by atoms with E-state index in [9.17, 15) is 0 Å². The molecule has 17 heavy (non-hydrogen) atoms. The van der Waals surface area contributed by atoms with E-state index in [1.165, 1.54) is 12.8 Å². The third kappa shape index (κ3) is 1.67. The van der Waals surface area contributed by atoms with Crippen molar-refractivity contribution in [2.75, 3.05) is 5.73 Å². The maximum absolute atomic E-state index is 6.02. The molecule has 0 aromatic carbocycles. The van der Waals surface area contributed by atoms with E-state index >= 15 is 0 Å². The van der Waals surface area contributed by atoms with Crippen LogP contribution in [0.15, 0.2) is 12.3 Å². The van der Waals surface area contributed by atoms with Crippen LogP contribution in [0.1, 0.15) is 24.1 Å². The normalized spacial score (nSPS) is 14.6. The maximum atomic E-state index is 6.02. The molecule has 1 aliphatic carbocycles. The van der Waals surface area contributed by atoms with Gasteiger partial charge in [-0.05, 0) is 31.7 Å². The summed E-state index contributed by atoms with van der Waals surface area (Å²) in [6, 6.07) is 1.91. The van der Waals surface area contributed by atoms with Crippen LogP contribution in [0.25, 0.3) is 11.5 Å². The zero-order chi connectivity index (χ0) is 11.8. The lowest BCUT2D eigenvalue weighted by molar-refractivity contribution is 0.664. The molecule has 5 heteroatoms. The quantitative estimate of drug-likeness (QED) is 0.801. The number of nitrogens with zero attached hydrogens (tertiary/aromatic N) is 4. The van der Waals surface area contributed by atoms with Gasteiger partial charge in [0.15, 0.2) is 5.82 Å². The van der Waals surface area contributed by atoms with Gasteiger partial charge in [-0.3, -0.25) is 4.68 Å². The van der Waals surface area contributed by atoms with E-state index in [1.54, 1.807) is 10.9 Å². The molecule has 0 unspecified atom stereocenters. The molecule has 0 saturated carbocycles. The monoisotopic (exact) mass is 229 g/mol. The first-order valence-corrected chi connectivity index (χ1v) is 5.89. The SMILES string of the molecule is Cn1nccc1-c1nc(N)c2c(n1)CCCC2. The Hall–Kier alpha value is -1.91. The summed E-state index contributed by atoms with van der Waals surface area (Å²) in [4.78, 5) is 9.02. The van der Waals surface area contributed by atoms with Crippen molar-refractivity contribution in [2.45, 2.75) is 25.7 Å². The highest BCUT2D eigenvalue weighted by Gasteiger charge is 2.17. The minimum Gasteiger partial charge on any atom is -0.383 e. The van der Waals surface area contributed by atoms with Crippen molar-refractivity contribution in [1.82, 2.24) is 19.7 Å². The smallest absolute Gasteiger partial charge is 0.180 e. The molecule has 2 aromatic rings. The van der Waals surface area contributed by atoms with Gasteiger partial charge in [0.25, 0.3) is 0 Å². The van der Waals surface area contributed by atoms with Gasteiger partial charge in [-0.25, -0.2) is 9.97 Å². The largest absolute Gasteiger partial charge is 0.383 e. The Morgan fingerprint density at radius 3 is 2.82 bits per heavy atom. The molecular formula is C12H15N5. The van der Waals surface area contributed by atoms with Crippen LogP contribution in [-0.2, 0) is 19.9 Å². The second-order valence-electron chi connectivity index (χ2n) is 4.40. The number of nitrogens with two attached hydrogens (primary N) is 1. The van der Waals surface area contributed by atoms with Crippen molar-refractivity contribution in [3.05, 3.63) is 23.5 Å². The van der Waals surface area contributed by atoms with E-state index in [-0.39, 0.29) is 0 Å². The summed E-state index contributed by atoms with van der Waals surface area (Å²) in [6.45, 7) is 0. The van der Waals surface area contributed by atoms with Crippen LogP contribution < -0.4 is 5.73 Å². The lowest BCUT2D eigenvalue weighted by Gasteiger charge is -2.17. The van der Waals surface area contributed by atoms with E-state index in [0.717, 1.165) is 29.8 Å². The Balaban J connectivity index is 2.14. The molecule has 2 heterocycles. The standard InChI is InChI=1S/C12H15N5/c1-17-10(6-7-14-17)12-15-9-5-3-2-4-8(9)11(13)16-12/h6-7H,2-5H2,1H3,(H2,13,15,16). The van der Waals surface area contributed by atoms with Gasteiger partial charge in [0, 0.05) is 24.5 Å². The molecule has 5 nitrogen and oxygen atoms in total. The van der Waals surface area contributed by atoms with Gasteiger partial charge in [-0.1, -0.05) is 0 Å². The van der Waals surface area contributed by atoms with Crippen molar-refractivity contribution < 1.29 is 0 Å². The number of aryl methyl sites for hydroxylation is 2. The minimum absolute atomic E-state index is 0.630. The van der Waals surface area contributed by atoms with Crippen LogP contribution in [0.5, 0.6) is 0 Å². The van der Waals surface area contributed by atoms with Gasteiger partial charge in [0.1, 0.15) is 11.5 Å². The Morgan fingerprint density at radius 1 is 1.24 bits per heavy atom. The maximum Gasteiger partial charge on any atom is 0.180 e. The number of hydrogen-bond donors (Lipinski definition) is 1. The number of aromatic nitrogens is 4. The fraction of sp³-hybridized carbons (Fsp3) is 0.417. The van der Waals surface area contributed by atoms with E-state index in [0.29, 0.717) is 11.6 Å². The van der Waals surface area contributed by atoms with Gasteiger partial charge in [0.05, 0.1) is 0 Å². The number of hydrogen-bond acceptors (Lipinski definition) is 4. The first kappa shape index (κ1) is 10.3. The van der Waals surface area contributed by atoms with Crippen molar-refractivity contribution in [3.8, 4) is 11.5 Å². The zero-order valence-electron chi connectivity index (χ0n) is 9.85.